The van der Waals surface area contributed by atoms with Crippen LogP contribution < -0.4 is 0 Å². The topological polar surface area (TPSA) is 23.8 Å². The molecule has 3 rings (SSSR count). The van der Waals surface area contributed by atoms with Gasteiger partial charge in [0, 0.05) is 15.9 Å². The van der Waals surface area contributed by atoms with E-state index in [9.17, 15) is 0 Å². The number of rotatable bonds is 3. The summed E-state index contributed by atoms with van der Waals surface area (Å²) in [4.78, 5) is 2.56. The molecular weight excluding hydrogens is 310 g/mol. The van der Waals surface area contributed by atoms with E-state index in [-0.39, 0.29) is 5.41 Å². The van der Waals surface area contributed by atoms with E-state index in [0.717, 1.165) is 17.6 Å². The fourth-order valence-corrected chi connectivity index (χ4v) is 4.04. The molecule has 1 nitrogen and oxygen atoms in total. The van der Waals surface area contributed by atoms with E-state index in [1.54, 1.807) is 6.08 Å². The highest BCUT2D eigenvalue weighted by molar-refractivity contribution is 8.08. The third-order valence-corrected chi connectivity index (χ3v) is 5.63. The fraction of sp³-hybridized carbons (Fsp3) is 0.227. The van der Waals surface area contributed by atoms with Gasteiger partial charge < -0.3 is 0 Å². The molecular formula is C22H21NS. The van der Waals surface area contributed by atoms with Crippen LogP contribution in [0.4, 0.5) is 0 Å². The first-order valence-electron chi connectivity index (χ1n) is 8.16. The summed E-state index contributed by atoms with van der Waals surface area (Å²) in [5.74, 6) is 0. The zero-order chi connectivity index (χ0) is 17.2. The van der Waals surface area contributed by atoms with Gasteiger partial charge in [-0.1, -0.05) is 62.0 Å². The van der Waals surface area contributed by atoms with Gasteiger partial charge >= 0.3 is 0 Å². The number of fused-ring (bicyclic) bond motifs is 1. The van der Waals surface area contributed by atoms with Crippen LogP contribution in [-0.2, 0) is 5.41 Å². The Morgan fingerprint density at radius 2 is 1.92 bits per heavy atom. The highest BCUT2D eigenvalue weighted by atomic mass is 32.2. The van der Waals surface area contributed by atoms with Gasteiger partial charge in [-0.25, -0.2) is 0 Å². The summed E-state index contributed by atoms with van der Waals surface area (Å²) in [6.07, 6.45) is 5.01. The van der Waals surface area contributed by atoms with Crippen molar-refractivity contribution in [2.24, 2.45) is 0 Å². The van der Waals surface area contributed by atoms with E-state index in [1.165, 1.54) is 20.9 Å². The maximum Gasteiger partial charge on any atom is 0.0915 e. The van der Waals surface area contributed by atoms with Crippen molar-refractivity contribution in [3.63, 3.8) is 0 Å². The van der Waals surface area contributed by atoms with Crippen LogP contribution in [0.25, 0.3) is 10.5 Å². The first-order chi connectivity index (χ1) is 11.5. The Balaban J connectivity index is 2.06. The highest BCUT2D eigenvalue weighted by Crippen LogP contribution is 2.45. The van der Waals surface area contributed by atoms with E-state index >= 15 is 0 Å². The number of hydrogen-bond donors (Lipinski definition) is 0. The summed E-state index contributed by atoms with van der Waals surface area (Å²) in [7, 11) is 0. The lowest BCUT2D eigenvalue weighted by Gasteiger charge is -2.32. The Kier molecular flexibility index (Phi) is 4.64. The largest absolute Gasteiger partial charge is 0.193 e. The van der Waals surface area contributed by atoms with E-state index in [2.05, 4.69) is 68.5 Å². The van der Waals surface area contributed by atoms with Crippen LogP contribution in [0.5, 0.6) is 0 Å². The van der Waals surface area contributed by atoms with E-state index < -0.39 is 0 Å². The van der Waals surface area contributed by atoms with Crippen LogP contribution in [0.3, 0.4) is 0 Å². The van der Waals surface area contributed by atoms with Crippen molar-refractivity contribution in [1.29, 1.82) is 5.26 Å². The third-order valence-electron chi connectivity index (χ3n) is 4.52. The molecule has 0 saturated heterocycles. The minimum atomic E-state index is 0.140. The van der Waals surface area contributed by atoms with E-state index in [4.69, 9.17) is 5.26 Å². The van der Waals surface area contributed by atoms with Crippen molar-refractivity contribution in [2.45, 2.75) is 37.5 Å². The standard InChI is InChI=1S/C22H21NS/c1-16(12-14-23)17-9-10-20-19(15-17)21(11-13-22(20,2)3)24-18-7-5-4-6-8-18/h4-12,15H,13H2,1-3H3/b16-12+. The first-order valence-corrected chi connectivity index (χ1v) is 8.97. The average molecular weight is 331 g/mol. The highest BCUT2D eigenvalue weighted by Gasteiger charge is 2.28. The number of nitriles is 1. The van der Waals surface area contributed by atoms with Gasteiger partial charge in [0.1, 0.15) is 0 Å². The zero-order valence-corrected chi connectivity index (χ0v) is 15.2. The minimum Gasteiger partial charge on any atom is -0.193 e. The molecule has 0 N–H and O–H groups in total. The number of benzene rings is 2. The summed E-state index contributed by atoms with van der Waals surface area (Å²) in [5, 5.41) is 8.92. The summed E-state index contributed by atoms with van der Waals surface area (Å²) in [5.41, 5.74) is 4.95. The number of hydrogen-bond acceptors (Lipinski definition) is 2. The predicted molar refractivity (Wildman–Crippen MR) is 104 cm³/mol. The average Bonchev–Trinajstić information content (AvgIpc) is 2.58. The molecule has 1 aliphatic carbocycles. The number of thioether (sulfide) groups is 1. The van der Waals surface area contributed by atoms with Gasteiger partial charge in [0.25, 0.3) is 0 Å². The van der Waals surface area contributed by atoms with Crippen LogP contribution >= 0.6 is 11.8 Å². The molecule has 0 fully saturated rings. The zero-order valence-electron chi connectivity index (χ0n) is 14.3. The van der Waals surface area contributed by atoms with Gasteiger partial charge in [-0.3, -0.25) is 0 Å². The van der Waals surface area contributed by atoms with Gasteiger partial charge in [0.15, 0.2) is 0 Å². The molecule has 2 heteroatoms. The predicted octanol–water partition coefficient (Wildman–Crippen LogP) is 6.43. The Morgan fingerprint density at radius 1 is 1.17 bits per heavy atom. The van der Waals surface area contributed by atoms with Crippen molar-refractivity contribution in [3.8, 4) is 6.07 Å². The van der Waals surface area contributed by atoms with E-state index in [1.807, 2.05) is 24.8 Å². The smallest absolute Gasteiger partial charge is 0.0915 e. The molecule has 0 radical (unpaired) electrons. The Hall–Kier alpha value is -2.24. The second kappa shape index (κ2) is 6.71. The molecule has 120 valence electrons. The van der Waals surface area contributed by atoms with Crippen LogP contribution in [0.15, 0.2) is 65.6 Å². The molecule has 0 heterocycles. The van der Waals surface area contributed by atoms with Gasteiger partial charge in [0.05, 0.1) is 6.07 Å². The van der Waals surface area contributed by atoms with Gasteiger partial charge in [-0.05, 0) is 59.2 Å². The molecule has 0 spiro atoms. The molecule has 0 amide bonds. The maximum atomic E-state index is 8.92. The summed E-state index contributed by atoms with van der Waals surface area (Å²) in [6, 6.07) is 19.2. The molecule has 0 aromatic heterocycles. The van der Waals surface area contributed by atoms with Crippen molar-refractivity contribution >= 4 is 22.2 Å². The molecule has 1 aliphatic rings. The van der Waals surface area contributed by atoms with Crippen LogP contribution in [0, 0.1) is 11.3 Å². The fourth-order valence-electron chi connectivity index (χ4n) is 3.04. The normalized spacial score (nSPS) is 16.1. The third kappa shape index (κ3) is 3.32. The molecule has 2 aromatic rings. The maximum absolute atomic E-state index is 8.92. The van der Waals surface area contributed by atoms with Gasteiger partial charge in [-0.15, -0.1) is 0 Å². The molecule has 0 bridgehead atoms. The van der Waals surface area contributed by atoms with Crippen molar-refractivity contribution in [3.05, 3.63) is 77.4 Å². The lowest BCUT2D eigenvalue weighted by molar-refractivity contribution is 0.528. The van der Waals surface area contributed by atoms with Crippen molar-refractivity contribution in [2.75, 3.05) is 0 Å². The Morgan fingerprint density at radius 3 is 2.62 bits per heavy atom. The first kappa shape index (κ1) is 16.6. The summed E-state index contributed by atoms with van der Waals surface area (Å²) < 4.78 is 0. The summed E-state index contributed by atoms with van der Waals surface area (Å²) >= 11 is 1.82. The van der Waals surface area contributed by atoms with E-state index in [0.29, 0.717) is 0 Å². The molecule has 2 aromatic carbocycles. The molecule has 0 aliphatic heterocycles. The van der Waals surface area contributed by atoms with Crippen LogP contribution in [-0.4, -0.2) is 0 Å². The van der Waals surface area contributed by atoms with Crippen molar-refractivity contribution < 1.29 is 0 Å². The lowest BCUT2D eigenvalue weighted by atomic mass is 9.75. The van der Waals surface area contributed by atoms with Crippen LogP contribution in [0.1, 0.15) is 43.9 Å². The molecule has 0 atom stereocenters. The van der Waals surface area contributed by atoms with Crippen LogP contribution in [0.2, 0.25) is 0 Å². The second-order valence-corrected chi connectivity index (χ2v) is 7.90. The molecule has 24 heavy (non-hydrogen) atoms. The van der Waals surface area contributed by atoms with Gasteiger partial charge in [-0.2, -0.15) is 5.26 Å². The number of nitrogens with zero attached hydrogens (tertiary/aromatic N) is 1. The minimum absolute atomic E-state index is 0.140. The SMILES string of the molecule is C/C(=C\C#N)c1ccc2c(c1)C(Sc1ccccc1)=CCC2(C)C. The number of allylic oxidation sites excluding steroid dienone is 3. The second-order valence-electron chi connectivity index (χ2n) is 6.79. The Labute approximate surface area is 148 Å². The monoisotopic (exact) mass is 331 g/mol. The molecule has 0 unspecified atom stereocenters. The lowest BCUT2D eigenvalue weighted by Crippen LogP contribution is -2.21. The van der Waals surface area contributed by atoms with Crippen molar-refractivity contribution in [1.82, 2.24) is 0 Å². The quantitative estimate of drug-likeness (QED) is 0.605. The summed E-state index contributed by atoms with van der Waals surface area (Å²) in [6.45, 7) is 6.58. The molecule has 0 saturated carbocycles. The van der Waals surface area contributed by atoms with Gasteiger partial charge in [0.2, 0.25) is 0 Å². The Bertz CT molecular complexity index is 851.